The van der Waals surface area contributed by atoms with Crippen LogP contribution in [0.2, 0.25) is 0 Å². The van der Waals surface area contributed by atoms with Crippen LogP contribution in [0, 0.1) is 16.1 Å². The summed E-state index contributed by atoms with van der Waals surface area (Å²) in [6.07, 6.45) is 2.16. The van der Waals surface area contributed by atoms with Gasteiger partial charge < -0.3 is 5.32 Å². The Morgan fingerprint density at radius 3 is 2.65 bits per heavy atom. The molecule has 1 spiro atoms. The van der Waals surface area contributed by atoms with Crippen molar-refractivity contribution in [3.8, 4) is 0 Å². The van der Waals surface area contributed by atoms with Crippen LogP contribution in [-0.4, -0.2) is 31.1 Å². The van der Waals surface area contributed by atoms with Crippen molar-refractivity contribution in [2.45, 2.75) is 55.8 Å². The van der Waals surface area contributed by atoms with E-state index >= 15 is 0 Å². The summed E-state index contributed by atoms with van der Waals surface area (Å²) >= 11 is 0. The topological polar surface area (TPSA) is 101 Å². The highest BCUT2D eigenvalue weighted by Gasteiger charge is 2.62. The van der Waals surface area contributed by atoms with Crippen LogP contribution in [0.15, 0.2) is 23.4 Å². The molecule has 5 rings (SSSR count). The third kappa shape index (κ3) is 3.83. The summed E-state index contributed by atoms with van der Waals surface area (Å²) in [5.41, 5.74) is -1.07. The SMILES string of the molecule is C[S@](=N)(=O)c1cc(NC(=O)c2c(C(F)(F)F)c(C3CC3)nn2C[C@H]2CC23CC3)ccn1. The Labute approximate surface area is 177 Å². The Morgan fingerprint density at radius 2 is 2.10 bits per heavy atom. The van der Waals surface area contributed by atoms with Crippen molar-refractivity contribution >= 4 is 21.3 Å². The van der Waals surface area contributed by atoms with Gasteiger partial charge in [-0.25, -0.2) is 14.0 Å². The van der Waals surface area contributed by atoms with E-state index in [4.69, 9.17) is 4.78 Å². The zero-order valence-electron chi connectivity index (χ0n) is 16.8. The molecule has 0 aliphatic heterocycles. The fraction of sp³-hybridized carbons (Fsp3) is 0.550. The molecule has 3 aliphatic carbocycles. The number of pyridine rings is 1. The van der Waals surface area contributed by atoms with Gasteiger partial charge in [0.05, 0.1) is 15.4 Å². The van der Waals surface area contributed by atoms with E-state index in [-0.39, 0.29) is 33.7 Å². The molecule has 166 valence electrons. The van der Waals surface area contributed by atoms with Gasteiger partial charge >= 0.3 is 6.18 Å². The first-order valence-corrected chi connectivity index (χ1v) is 12.1. The number of carbonyl (C=O) groups excluding carboxylic acids is 1. The van der Waals surface area contributed by atoms with Crippen molar-refractivity contribution in [3.63, 3.8) is 0 Å². The van der Waals surface area contributed by atoms with Crippen molar-refractivity contribution in [2.24, 2.45) is 11.3 Å². The van der Waals surface area contributed by atoms with Crippen LogP contribution in [-0.2, 0) is 22.5 Å². The summed E-state index contributed by atoms with van der Waals surface area (Å²) in [4.78, 5) is 16.9. The summed E-state index contributed by atoms with van der Waals surface area (Å²) in [6, 6.07) is 2.64. The lowest BCUT2D eigenvalue weighted by Gasteiger charge is -2.13. The van der Waals surface area contributed by atoms with Crippen molar-refractivity contribution in [1.29, 1.82) is 4.78 Å². The predicted octanol–water partition coefficient (Wildman–Crippen LogP) is 4.26. The maximum atomic E-state index is 14.0. The number of carbonyl (C=O) groups is 1. The minimum atomic E-state index is -4.70. The molecule has 0 bridgehead atoms. The lowest BCUT2D eigenvalue weighted by molar-refractivity contribution is -0.138. The number of nitrogens with one attached hydrogen (secondary N) is 2. The molecular formula is C20H22F3N5O2S. The molecule has 0 saturated heterocycles. The van der Waals surface area contributed by atoms with E-state index < -0.39 is 33.1 Å². The molecule has 0 radical (unpaired) electrons. The molecule has 1 amide bonds. The molecule has 3 aliphatic rings. The summed E-state index contributed by atoms with van der Waals surface area (Å²) in [6.45, 7) is 0.301. The first-order chi connectivity index (χ1) is 14.5. The fourth-order valence-electron chi connectivity index (χ4n) is 4.33. The number of aromatic nitrogens is 3. The Morgan fingerprint density at radius 1 is 1.39 bits per heavy atom. The highest BCUT2D eigenvalue weighted by molar-refractivity contribution is 7.91. The number of hydrogen-bond donors (Lipinski definition) is 2. The van der Waals surface area contributed by atoms with Gasteiger partial charge in [0.2, 0.25) is 0 Å². The molecule has 2 atom stereocenters. The quantitative estimate of drug-likeness (QED) is 0.682. The minimum Gasteiger partial charge on any atom is -0.320 e. The van der Waals surface area contributed by atoms with E-state index in [2.05, 4.69) is 15.4 Å². The minimum absolute atomic E-state index is 0.0405. The summed E-state index contributed by atoms with van der Waals surface area (Å²) in [5.74, 6) is -0.922. The maximum absolute atomic E-state index is 14.0. The maximum Gasteiger partial charge on any atom is 0.420 e. The molecule has 2 aromatic heterocycles. The van der Waals surface area contributed by atoms with E-state index in [1.807, 2.05) is 0 Å². The summed E-state index contributed by atoms with van der Waals surface area (Å²) in [7, 11) is -3.14. The third-order valence-corrected chi connectivity index (χ3v) is 7.50. The number of rotatable bonds is 6. The molecule has 2 N–H and O–H groups in total. The highest BCUT2D eigenvalue weighted by atomic mass is 32.2. The van der Waals surface area contributed by atoms with Gasteiger partial charge in [0.1, 0.15) is 16.3 Å². The second-order valence-corrected chi connectivity index (χ2v) is 11.1. The van der Waals surface area contributed by atoms with E-state index in [1.165, 1.54) is 29.3 Å². The lowest BCUT2D eigenvalue weighted by atomic mass is 10.1. The van der Waals surface area contributed by atoms with Crippen molar-refractivity contribution in [1.82, 2.24) is 14.8 Å². The number of halogens is 3. The summed E-state index contributed by atoms with van der Waals surface area (Å²) < 4.78 is 63.0. The molecule has 31 heavy (non-hydrogen) atoms. The van der Waals surface area contributed by atoms with E-state index in [9.17, 15) is 22.2 Å². The molecule has 11 heteroatoms. The molecular weight excluding hydrogens is 431 g/mol. The fourth-order valence-corrected chi connectivity index (χ4v) is 4.94. The zero-order valence-corrected chi connectivity index (χ0v) is 17.6. The average Bonchev–Trinajstić information content (AvgIpc) is 3.57. The second kappa shape index (κ2) is 6.54. The largest absolute Gasteiger partial charge is 0.420 e. The van der Waals surface area contributed by atoms with Crippen LogP contribution < -0.4 is 5.32 Å². The van der Waals surface area contributed by atoms with Gasteiger partial charge in [0, 0.05) is 30.6 Å². The second-order valence-electron chi connectivity index (χ2n) is 9.01. The molecule has 7 nitrogen and oxygen atoms in total. The zero-order chi connectivity index (χ0) is 22.2. The van der Waals surface area contributed by atoms with Gasteiger partial charge in [-0.05, 0) is 55.6 Å². The van der Waals surface area contributed by atoms with E-state index in [0.29, 0.717) is 19.4 Å². The Balaban J connectivity index is 1.52. The molecule has 0 aromatic carbocycles. The Bertz CT molecular complexity index is 1180. The molecule has 0 unspecified atom stereocenters. The number of alkyl halides is 3. The standard InChI is InChI=1S/C20H22F3N5O2S/c1-31(24,30)14-8-13(4-7-25-14)26-18(29)17-15(20(21,22)23)16(11-2-3-11)27-28(17)10-12-9-19(12)5-6-19/h4,7-8,11-12,24H,2-3,5-6,9-10H2,1H3,(H,25,26,29)/t12-,31+/m1/s1. The smallest absolute Gasteiger partial charge is 0.320 e. The van der Waals surface area contributed by atoms with E-state index in [1.54, 1.807) is 0 Å². The molecule has 2 aromatic rings. The Kier molecular flexibility index (Phi) is 4.32. The van der Waals surface area contributed by atoms with Crippen LogP contribution in [0.1, 0.15) is 59.8 Å². The normalized spacial score (nSPS) is 23.4. The summed E-state index contributed by atoms with van der Waals surface area (Å²) in [5, 5.41) is 6.70. The van der Waals surface area contributed by atoms with Crippen LogP contribution in [0.3, 0.4) is 0 Å². The van der Waals surface area contributed by atoms with Crippen molar-refractivity contribution in [3.05, 3.63) is 35.3 Å². The first-order valence-electron chi connectivity index (χ1n) is 10.2. The molecule has 2 heterocycles. The van der Waals surface area contributed by atoms with Crippen molar-refractivity contribution < 1.29 is 22.2 Å². The lowest BCUT2D eigenvalue weighted by Crippen LogP contribution is -2.23. The third-order valence-electron chi connectivity index (χ3n) is 6.48. The van der Waals surface area contributed by atoms with Gasteiger partial charge in [0.25, 0.3) is 5.91 Å². The van der Waals surface area contributed by atoms with Gasteiger partial charge in [-0.2, -0.15) is 18.3 Å². The first kappa shape index (κ1) is 20.5. The number of nitrogens with zero attached hydrogens (tertiary/aromatic N) is 3. The Hall–Kier alpha value is -2.43. The van der Waals surface area contributed by atoms with Crippen molar-refractivity contribution in [2.75, 3.05) is 11.6 Å². The van der Waals surface area contributed by atoms with Crippen LogP contribution >= 0.6 is 0 Å². The van der Waals surface area contributed by atoms with Gasteiger partial charge in [-0.3, -0.25) is 9.48 Å². The van der Waals surface area contributed by atoms with Crippen LogP contribution in [0.5, 0.6) is 0 Å². The predicted molar refractivity (Wildman–Crippen MR) is 106 cm³/mol. The monoisotopic (exact) mass is 453 g/mol. The number of hydrogen-bond acceptors (Lipinski definition) is 5. The highest BCUT2D eigenvalue weighted by Crippen LogP contribution is 2.71. The average molecular weight is 453 g/mol. The van der Waals surface area contributed by atoms with Gasteiger partial charge in [-0.15, -0.1) is 0 Å². The number of amides is 1. The van der Waals surface area contributed by atoms with Crippen LogP contribution in [0.4, 0.5) is 18.9 Å². The molecule has 3 fully saturated rings. The van der Waals surface area contributed by atoms with Gasteiger partial charge in [-0.1, -0.05) is 0 Å². The number of anilines is 1. The van der Waals surface area contributed by atoms with Gasteiger partial charge in [0.15, 0.2) is 0 Å². The molecule has 3 saturated carbocycles. The van der Waals surface area contributed by atoms with Crippen LogP contribution in [0.25, 0.3) is 0 Å². The van der Waals surface area contributed by atoms with E-state index in [0.717, 1.165) is 19.3 Å².